The Morgan fingerprint density at radius 1 is 1.24 bits per heavy atom. The number of halogens is 2. The van der Waals surface area contributed by atoms with Crippen molar-refractivity contribution in [1.29, 1.82) is 0 Å². The number of anilines is 1. The number of aliphatic hydroxyl groups is 1. The molecule has 9 heteroatoms. The summed E-state index contributed by atoms with van der Waals surface area (Å²) in [6.07, 6.45) is 3.30. The number of aliphatic hydroxyl groups excluding tert-OH is 1. The highest BCUT2D eigenvalue weighted by Crippen LogP contribution is 2.54. The molecule has 6 nitrogen and oxygen atoms in total. The molecule has 1 fully saturated rings. The molecule has 0 aromatic heterocycles. The van der Waals surface area contributed by atoms with Crippen molar-refractivity contribution in [2.24, 2.45) is 0 Å². The number of nitrogens with zero attached hydrogens (tertiary/aromatic N) is 2. The van der Waals surface area contributed by atoms with Crippen LogP contribution in [0.3, 0.4) is 0 Å². The minimum atomic E-state index is -0.261. The lowest BCUT2D eigenvalue weighted by Gasteiger charge is -2.26. The number of hydrogen-bond donors (Lipinski definition) is 1. The number of rotatable bonds is 10. The molecule has 1 amide bonds. The van der Waals surface area contributed by atoms with Gasteiger partial charge < -0.3 is 14.6 Å². The summed E-state index contributed by atoms with van der Waals surface area (Å²) in [6.45, 7) is 3.93. The molecule has 180 valence electrons. The molecule has 1 aliphatic carbocycles. The van der Waals surface area contributed by atoms with Gasteiger partial charge in [-0.05, 0) is 55.7 Å². The molecular formula is C24H30Cl2N2O4S. The van der Waals surface area contributed by atoms with Crippen LogP contribution < -0.4 is 14.4 Å². The number of thioether (sulfide) groups is 1. The number of benzene rings is 2. The standard InChI is InChI=1S/C24H29ClN2O4S.ClH/c1-16(29)27-21-8-4-17(25)14-23(21)32-24(27)20-15-19(30-2)7-9-22(20)31-13-3-10-26(11-12-28)18-5-6-18;/h4,7-9,14-15,18,24,28H,3,5-6,10-13H2,1-2H3;1H. The van der Waals surface area contributed by atoms with Crippen molar-refractivity contribution in [2.75, 3.05) is 38.3 Å². The summed E-state index contributed by atoms with van der Waals surface area (Å²) < 4.78 is 11.7. The van der Waals surface area contributed by atoms with Crippen molar-refractivity contribution in [3.63, 3.8) is 0 Å². The van der Waals surface area contributed by atoms with Crippen molar-refractivity contribution >= 4 is 47.4 Å². The third-order valence-corrected chi connectivity index (χ3v) is 7.28. The van der Waals surface area contributed by atoms with Gasteiger partial charge in [-0.2, -0.15) is 0 Å². The molecule has 2 aromatic carbocycles. The summed E-state index contributed by atoms with van der Waals surface area (Å²) in [6, 6.07) is 11.9. The monoisotopic (exact) mass is 512 g/mol. The van der Waals surface area contributed by atoms with Crippen molar-refractivity contribution in [1.82, 2.24) is 4.90 Å². The molecule has 1 heterocycles. The number of fused-ring (bicyclic) bond motifs is 1. The van der Waals surface area contributed by atoms with E-state index in [2.05, 4.69) is 4.90 Å². The Labute approximate surface area is 210 Å². The van der Waals surface area contributed by atoms with Gasteiger partial charge in [-0.15, -0.1) is 12.4 Å². The Hall–Kier alpha value is -1.64. The number of ether oxygens (including phenoxy) is 2. The summed E-state index contributed by atoms with van der Waals surface area (Å²) in [5.41, 5.74) is 1.75. The smallest absolute Gasteiger partial charge is 0.225 e. The summed E-state index contributed by atoms with van der Waals surface area (Å²) in [5, 5.41) is 9.67. The van der Waals surface area contributed by atoms with E-state index in [4.69, 9.17) is 21.1 Å². The van der Waals surface area contributed by atoms with E-state index in [1.54, 1.807) is 36.8 Å². The second-order valence-corrected chi connectivity index (χ2v) is 9.63. The zero-order valence-corrected chi connectivity index (χ0v) is 21.2. The summed E-state index contributed by atoms with van der Waals surface area (Å²) in [5.74, 6) is 1.42. The van der Waals surface area contributed by atoms with Crippen LogP contribution in [0, 0.1) is 0 Å². The molecule has 0 bridgehead atoms. The van der Waals surface area contributed by atoms with Gasteiger partial charge in [-0.3, -0.25) is 14.6 Å². The molecule has 0 spiro atoms. The Bertz CT molecular complexity index is 973. The van der Waals surface area contributed by atoms with E-state index in [0.717, 1.165) is 34.9 Å². The van der Waals surface area contributed by atoms with Gasteiger partial charge in [0, 0.05) is 41.5 Å². The summed E-state index contributed by atoms with van der Waals surface area (Å²) >= 11 is 7.79. The Kier molecular flexibility index (Phi) is 9.18. The minimum Gasteiger partial charge on any atom is -0.497 e. The van der Waals surface area contributed by atoms with Gasteiger partial charge in [-0.1, -0.05) is 23.4 Å². The fourth-order valence-electron chi connectivity index (χ4n) is 4.09. The first kappa shape index (κ1) is 26.0. The second kappa shape index (κ2) is 11.7. The molecule has 1 N–H and O–H groups in total. The Morgan fingerprint density at radius 2 is 2.03 bits per heavy atom. The number of methoxy groups -OCH3 is 1. The van der Waals surface area contributed by atoms with Gasteiger partial charge in [0.05, 0.1) is 26.0 Å². The number of carbonyl (C=O) groups excluding carboxylic acids is 1. The summed E-state index contributed by atoms with van der Waals surface area (Å²) in [7, 11) is 1.63. The van der Waals surface area contributed by atoms with Crippen LogP contribution in [0.2, 0.25) is 5.02 Å². The normalized spacial score (nSPS) is 17.0. The van der Waals surface area contributed by atoms with E-state index >= 15 is 0 Å². The van der Waals surface area contributed by atoms with Gasteiger partial charge in [0.15, 0.2) is 0 Å². The molecule has 4 rings (SSSR count). The van der Waals surface area contributed by atoms with E-state index < -0.39 is 0 Å². The average Bonchev–Trinajstić information content (AvgIpc) is 3.55. The predicted octanol–water partition coefficient (Wildman–Crippen LogP) is 5.15. The molecule has 2 aromatic rings. The van der Waals surface area contributed by atoms with Crippen LogP contribution in [0.4, 0.5) is 5.69 Å². The highest BCUT2D eigenvalue weighted by Gasteiger charge is 2.36. The molecule has 1 atom stereocenters. The topological polar surface area (TPSA) is 62.2 Å². The zero-order chi connectivity index (χ0) is 22.7. The number of hydrogen-bond acceptors (Lipinski definition) is 6. The lowest BCUT2D eigenvalue weighted by molar-refractivity contribution is -0.116. The van der Waals surface area contributed by atoms with Crippen LogP contribution in [0.15, 0.2) is 41.3 Å². The molecule has 2 aliphatic rings. The van der Waals surface area contributed by atoms with Gasteiger partial charge in [0.25, 0.3) is 0 Å². The average molecular weight is 513 g/mol. The number of amides is 1. The van der Waals surface area contributed by atoms with Gasteiger partial charge in [-0.25, -0.2) is 0 Å². The molecule has 1 unspecified atom stereocenters. The molecule has 1 aliphatic heterocycles. The number of carbonyl (C=O) groups is 1. The molecule has 0 saturated heterocycles. The fraction of sp³-hybridized carbons (Fsp3) is 0.458. The van der Waals surface area contributed by atoms with E-state index in [0.29, 0.717) is 30.0 Å². The van der Waals surface area contributed by atoms with Crippen LogP contribution in [0.1, 0.15) is 37.1 Å². The van der Waals surface area contributed by atoms with E-state index in [1.165, 1.54) is 12.8 Å². The lowest BCUT2D eigenvalue weighted by Crippen LogP contribution is -2.31. The van der Waals surface area contributed by atoms with Crippen LogP contribution in [0.25, 0.3) is 0 Å². The lowest BCUT2D eigenvalue weighted by atomic mass is 10.1. The third-order valence-electron chi connectivity index (χ3n) is 5.77. The maximum Gasteiger partial charge on any atom is 0.225 e. The summed E-state index contributed by atoms with van der Waals surface area (Å²) in [4.78, 5) is 17.7. The van der Waals surface area contributed by atoms with E-state index in [-0.39, 0.29) is 30.3 Å². The quantitative estimate of drug-likeness (QED) is 0.444. The second-order valence-electron chi connectivity index (χ2n) is 8.07. The maximum absolute atomic E-state index is 12.6. The van der Waals surface area contributed by atoms with E-state index in [1.807, 2.05) is 30.3 Å². The minimum absolute atomic E-state index is 0. The molecule has 0 radical (unpaired) electrons. The molecular weight excluding hydrogens is 483 g/mol. The zero-order valence-electron chi connectivity index (χ0n) is 18.8. The highest BCUT2D eigenvalue weighted by atomic mass is 35.5. The van der Waals surface area contributed by atoms with Gasteiger partial charge in [0.2, 0.25) is 5.91 Å². The van der Waals surface area contributed by atoms with Crippen molar-refractivity contribution in [2.45, 2.75) is 42.5 Å². The maximum atomic E-state index is 12.6. The highest BCUT2D eigenvalue weighted by molar-refractivity contribution is 8.00. The van der Waals surface area contributed by atoms with Crippen LogP contribution in [-0.4, -0.2) is 55.4 Å². The Morgan fingerprint density at radius 3 is 2.70 bits per heavy atom. The third kappa shape index (κ3) is 6.08. The predicted molar refractivity (Wildman–Crippen MR) is 135 cm³/mol. The first-order chi connectivity index (χ1) is 15.5. The first-order valence-corrected chi connectivity index (χ1v) is 12.2. The SMILES string of the molecule is COc1ccc(OCCCN(CCO)C2CC2)c(C2Sc3cc(Cl)ccc3N2C(C)=O)c1.Cl. The molecule has 33 heavy (non-hydrogen) atoms. The molecule has 1 saturated carbocycles. The largest absolute Gasteiger partial charge is 0.497 e. The van der Waals surface area contributed by atoms with Crippen molar-refractivity contribution in [3.8, 4) is 11.5 Å². The first-order valence-electron chi connectivity index (χ1n) is 10.9. The van der Waals surface area contributed by atoms with Crippen LogP contribution in [-0.2, 0) is 4.79 Å². The fourth-order valence-corrected chi connectivity index (χ4v) is 5.73. The van der Waals surface area contributed by atoms with Crippen molar-refractivity contribution in [3.05, 3.63) is 47.0 Å². The van der Waals surface area contributed by atoms with Crippen molar-refractivity contribution < 1.29 is 19.4 Å². The Balaban J connectivity index is 0.00000306. The van der Waals surface area contributed by atoms with Crippen LogP contribution in [0.5, 0.6) is 11.5 Å². The van der Waals surface area contributed by atoms with Crippen LogP contribution >= 0.6 is 35.8 Å². The van der Waals surface area contributed by atoms with Gasteiger partial charge in [0.1, 0.15) is 16.9 Å². The van der Waals surface area contributed by atoms with E-state index in [9.17, 15) is 9.90 Å². The van der Waals surface area contributed by atoms with Gasteiger partial charge >= 0.3 is 0 Å².